The minimum Gasteiger partial charge on any atom is -0.481 e. The normalized spacial score (nSPS) is 12.0. The molecule has 0 fully saturated rings. The Labute approximate surface area is 161 Å². The van der Waals surface area contributed by atoms with Gasteiger partial charge in [0.15, 0.2) is 6.10 Å². The van der Waals surface area contributed by atoms with E-state index in [-0.39, 0.29) is 5.91 Å². The Hall–Kier alpha value is -2.79. The standard InChI is InChI=1S/C21H20ClNO4/c1-4-14-10-20(24)27-19-11-15(8-9-16(14)19)26-13(3)21(25)23-18-7-5-6-17(22)12(18)2/h5-11,13H,4H2,1-3H3,(H,23,25)/t13-/m0/s1. The van der Waals surface area contributed by atoms with Gasteiger partial charge in [0.05, 0.1) is 0 Å². The number of fused-ring (bicyclic) bond motifs is 1. The van der Waals surface area contributed by atoms with Gasteiger partial charge in [-0.3, -0.25) is 4.79 Å². The summed E-state index contributed by atoms with van der Waals surface area (Å²) in [5.41, 5.74) is 2.38. The number of carbonyl (C=O) groups excluding carboxylic acids is 1. The molecule has 0 aliphatic heterocycles. The van der Waals surface area contributed by atoms with Crippen LogP contribution in [0.3, 0.4) is 0 Å². The number of hydrogen-bond acceptors (Lipinski definition) is 4. The Morgan fingerprint density at radius 1 is 1.26 bits per heavy atom. The number of amides is 1. The van der Waals surface area contributed by atoms with Crippen LogP contribution in [0.15, 0.2) is 51.7 Å². The molecule has 1 aromatic heterocycles. The van der Waals surface area contributed by atoms with Gasteiger partial charge in [-0.25, -0.2) is 4.79 Å². The van der Waals surface area contributed by atoms with Crippen molar-refractivity contribution >= 4 is 34.2 Å². The lowest BCUT2D eigenvalue weighted by atomic mass is 10.1. The van der Waals surface area contributed by atoms with Crippen molar-refractivity contribution in [1.82, 2.24) is 0 Å². The molecule has 1 atom stereocenters. The van der Waals surface area contributed by atoms with Crippen molar-refractivity contribution in [2.75, 3.05) is 5.32 Å². The predicted molar refractivity (Wildman–Crippen MR) is 107 cm³/mol. The van der Waals surface area contributed by atoms with Gasteiger partial charge in [0.1, 0.15) is 11.3 Å². The van der Waals surface area contributed by atoms with Crippen molar-refractivity contribution in [1.29, 1.82) is 0 Å². The summed E-state index contributed by atoms with van der Waals surface area (Å²) in [6.07, 6.45) is -0.0259. The average Bonchev–Trinajstić information content (AvgIpc) is 2.64. The molecule has 0 saturated heterocycles. The van der Waals surface area contributed by atoms with Gasteiger partial charge >= 0.3 is 5.63 Å². The minimum atomic E-state index is -0.748. The highest BCUT2D eigenvalue weighted by Gasteiger charge is 2.17. The van der Waals surface area contributed by atoms with E-state index in [0.29, 0.717) is 22.0 Å². The number of nitrogens with one attached hydrogen (secondary N) is 1. The SMILES string of the molecule is CCc1cc(=O)oc2cc(O[C@@H](C)C(=O)Nc3cccc(Cl)c3C)ccc12. The van der Waals surface area contributed by atoms with Crippen LogP contribution in [0.25, 0.3) is 11.0 Å². The summed E-state index contributed by atoms with van der Waals surface area (Å²) >= 11 is 6.08. The maximum absolute atomic E-state index is 12.4. The predicted octanol–water partition coefficient (Wildman–Crippen LogP) is 4.72. The van der Waals surface area contributed by atoms with Crippen molar-refractivity contribution < 1.29 is 13.9 Å². The van der Waals surface area contributed by atoms with Gasteiger partial charge in [-0.2, -0.15) is 0 Å². The fraction of sp³-hybridized carbons (Fsp3) is 0.238. The molecule has 6 heteroatoms. The largest absolute Gasteiger partial charge is 0.481 e. The first-order chi connectivity index (χ1) is 12.9. The highest BCUT2D eigenvalue weighted by molar-refractivity contribution is 6.31. The van der Waals surface area contributed by atoms with Crippen LogP contribution in [-0.4, -0.2) is 12.0 Å². The molecule has 0 saturated carbocycles. The summed E-state index contributed by atoms with van der Waals surface area (Å²) in [5.74, 6) is 0.147. The summed E-state index contributed by atoms with van der Waals surface area (Å²) in [5, 5.41) is 4.25. The molecule has 0 aliphatic rings. The van der Waals surface area contributed by atoms with Crippen molar-refractivity contribution in [3.05, 3.63) is 69.0 Å². The van der Waals surface area contributed by atoms with Crippen LogP contribution in [0.5, 0.6) is 5.75 Å². The molecule has 1 amide bonds. The molecule has 140 valence electrons. The molecule has 3 aromatic rings. The second kappa shape index (κ2) is 7.84. The Morgan fingerprint density at radius 3 is 2.78 bits per heavy atom. The first-order valence-corrected chi connectivity index (χ1v) is 9.06. The number of rotatable bonds is 5. The highest BCUT2D eigenvalue weighted by Crippen LogP contribution is 2.25. The first-order valence-electron chi connectivity index (χ1n) is 8.68. The summed E-state index contributed by atoms with van der Waals surface area (Å²) < 4.78 is 11.0. The third kappa shape index (κ3) is 4.14. The van der Waals surface area contributed by atoms with Crippen molar-refractivity contribution in [3.8, 4) is 5.75 Å². The van der Waals surface area contributed by atoms with Crippen LogP contribution in [0, 0.1) is 6.92 Å². The molecule has 1 N–H and O–H groups in total. The monoisotopic (exact) mass is 385 g/mol. The number of anilines is 1. The van der Waals surface area contributed by atoms with Gasteiger partial charge < -0.3 is 14.5 Å². The molecule has 5 nitrogen and oxygen atoms in total. The minimum absolute atomic E-state index is 0.302. The third-order valence-electron chi connectivity index (χ3n) is 4.39. The van der Waals surface area contributed by atoms with Crippen LogP contribution in [0.2, 0.25) is 5.02 Å². The quantitative estimate of drug-likeness (QED) is 0.645. The maximum atomic E-state index is 12.4. The Bertz CT molecular complexity index is 1060. The fourth-order valence-electron chi connectivity index (χ4n) is 2.81. The maximum Gasteiger partial charge on any atom is 0.336 e. The van der Waals surface area contributed by atoms with E-state index in [1.807, 2.05) is 19.9 Å². The van der Waals surface area contributed by atoms with Gasteiger partial charge in [0.25, 0.3) is 5.91 Å². The van der Waals surface area contributed by atoms with Gasteiger partial charge in [-0.05, 0) is 55.7 Å². The zero-order chi connectivity index (χ0) is 19.6. The van der Waals surface area contributed by atoms with E-state index in [0.717, 1.165) is 22.9 Å². The van der Waals surface area contributed by atoms with Crippen LogP contribution >= 0.6 is 11.6 Å². The van der Waals surface area contributed by atoms with Crippen molar-refractivity contribution in [2.45, 2.75) is 33.3 Å². The van der Waals surface area contributed by atoms with Crippen molar-refractivity contribution in [2.24, 2.45) is 0 Å². The molecule has 0 radical (unpaired) electrons. The molecule has 0 aliphatic carbocycles. The van der Waals surface area contributed by atoms with Gasteiger partial charge in [-0.15, -0.1) is 0 Å². The fourth-order valence-corrected chi connectivity index (χ4v) is 2.99. The lowest BCUT2D eigenvalue weighted by molar-refractivity contribution is -0.122. The topological polar surface area (TPSA) is 68.5 Å². The van der Waals surface area contributed by atoms with Gasteiger partial charge in [0.2, 0.25) is 0 Å². The van der Waals surface area contributed by atoms with E-state index in [2.05, 4.69) is 5.32 Å². The molecule has 2 aromatic carbocycles. The zero-order valence-electron chi connectivity index (χ0n) is 15.3. The van der Waals surface area contributed by atoms with Gasteiger partial charge in [-0.1, -0.05) is 24.6 Å². The molecule has 1 heterocycles. The number of ether oxygens (including phenoxy) is 1. The Kier molecular flexibility index (Phi) is 5.51. The molecular weight excluding hydrogens is 366 g/mol. The molecule has 0 unspecified atom stereocenters. The number of halogens is 1. The van der Waals surface area contributed by atoms with Crippen LogP contribution in [-0.2, 0) is 11.2 Å². The Balaban J connectivity index is 1.79. The number of benzene rings is 2. The summed E-state index contributed by atoms with van der Waals surface area (Å²) in [7, 11) is 0. The van der Waals surface area contributed by atoms with Crippen LogP contribution < -0.4 is 15.7 Å². The van der Waals surface area contributed by atoms with E-state index >= 15 is 0 Å². The molecule has 3 rings (SSSR count). The summed E-state index contributed by atoms with van der Waals surface area (Å²) in [4.78, 5) is 24.1. The first kappa shape index (κ1) is 19.0. The van der Waals surface area contributed by atoms with Gasteiger partial charge in [0, 0.05) is 28.2 Å². The van der Waals surface area contributed by atoms with E-state index in [9.17, 15) is 9.59 Å². The van der Waals surface area contributed by atoms with E-state index in [1.165, 1.54) is 6.07 Å². The zero-order valence-corrected chi connectivity index (χ0v) is 16.1. The van der Waals surface area contributed by atoms with E-state index in [4.69, 9.17) is 20.8 Å². The molecule has 27 heavy (non-hydrogen) atoms. The molecule has 0 spiro atoms. The smallest absolute Gasteiger partial charge is 0.336 e. The van der Waals surface area contributed by atoms with Crippen molar-refractivity contribution in [3.63, 3.8) is 0 Å². The number of hydrogen-bond donors (Lipinski definition) is 1. The third-order valence-corrected chi connectivity index (χ3v) is 4.80. The lowest BCUT2D eigenvalue weighted by Crippen LogP contribution is -2.30. The number of aryl methyl sites for hydroxylation is 1. The second-order valence-corrected chi connectivity index (χ2v) is 6.67. The molecule has 0 bridgehead atoms. The van der Waals surface area contributed by atoms with Crippen LogP contribution in [0.4, 0.5) is 5.69 Å². The Morgan fingerprint density at radius 2 is 2.04 bits per heavy atom. The second-order valence-electron chi connectivity index (χ2n) is 6.26. The lowest BCUT2D eigenvalue weighted by Gasteiger charge is -2.16. The average molecular weight is 386 g/mol. The summed E-state index contributed by atoms with van der Waals surface area (Å²) in [6.45, 7) is 5.46. The van der Waals surface area contributed by atoms with E-state index < -0.39 is 11.7 Å². The summed E-state index contributed by atoms with van der Waals surface area (Å²) in [6, 6.07) is 12.0. The van der Waals surface area contributed by atoms with Crippen LogP contribution in [0.1, 0.15) is 25.0 Å². The highest BCUT2D eigenvalue weighted by atomic mass is 35.5. The number of carbonyl (C=O) groups is 1. The van der Waals surface area contributed by atoms with E-state index in [1.54, 1.807) is 37.3 Å². The molecular formula is C21H20ClNO4.